The minimum atomic E-state index is -1.08. The van der Waals surface area contributed by atoms with Crippen LogP contribution in [-0.4, -0.2) is 46.1 Å². The fourth-order valence-electron chi connectivity index (χ4n) is 7.95. The fourth-order valence-corrected chi connectivity index (χ4v) is 7.95. The van der Waals surface area contributed by atoms with Crippen LogP contribution in [0.3, 0.4) is 0 Å². The Morgan fingerprint density at radius 3 is 1.00 bits per heavy atom. The first kappa shape index (κ1) is 54.1. The number of amides is 1. The highest BCUT2D eigenvalue weighted by atomic mass is 16.3. The quantitative estimate of drug-likeness (QED) is 0.0366. The van der Waals surface area contributed by atoms with Crippen molar-refractivity contribution in [3.05, 3.63) is 12.2 Å². The lowest BCUT2D eigenvalue weighted by atomic mass is 10.0. The Kier molecular flexibility index (Phi) is 45.0. The maximum Gasteiger partial charge on any atom is 0.249 e. The molecule has 1 amide bonds. The SMILES string of the molecule is CCCCCCCCCCCCCC/C=C\CCCCCCCCC(O)C(=O)NC(CO)C(O)CCCCCCCCCCCCCCCCCCCCC. The summed E-state index contributed by atoms with van der Waals surface area (Å²) >= 11 is 0. The molecule has 0 bridgehead atoms. The van der Waals surface area contributed by atoms with E-state index in [9.17, 15) is 20.1 Å². The number of aliphatic hydroxyl groups is 3. The van der Waals surface area contributed by atoms with Gasteiger partial charge in [-0.15, -0.1) is 0 Å². The number of nitrogens with one attached hydrogen (secondary N) is 1. The summed E-state index contributed by atoms with van der Waals surface area (Å²) in [6.07, 6.45) is 55.1. The summed E-state index contributed by atoms with van der Waals surface area (Å²) in [5, 5.41) is 33.4. The second kappa shape index (κ2) is 45.8. The number of hydrogen-bond acceptors (Lipinski definition) is 4. The number of carbonyl (C=O) groups excluding carboxylic acids is 1. The Balaban J connectivity index is 3.57. The molecule has 0 aliphatic carbocycles. The molecule has 0 spiro atoms. The van der Waals surface area contributed by atoms with Crippen LogP contribution in [0.2, 0.25) is 0 Å². The third kappa shape index (κ3) is 41.1. The topological polar surface area (TPSA) is 89.8 Å². The van der Waals surface area contributed by atoms with Crippen LogP contribution in [0.1, 0.15) is 277 Å². The molecule has 55 heavy (non-hydrogen) atoms. The van der Waals surface area contributed by atoms with Crippen molar-refractivity contribution in [2.75, 3.05) is 6.61 Å². The van der Waals surface area contributed by atoms with Gasteiger partial charge in [-0.3, -0.25) is 4.79 Å². The van der Waals surface area contributed by atoms with Crippen molar-refractivity contribution in [1.82, 2.24) is 5.32 Å². The van der Waals surface area contributed by atoms with Gasteiger partial charge in [-0.2, -0.15) is 0 Å². The highest BCUT2D eigenvalue weighted by Gasteiger charge is 2.23. The van der Waals surface area contributed by atoms with E-state index in [1.54, 1.807) is 0 Å². The van der Waals surface area contributed by atoms with E-state index in [4.69, 9.17) is 0 Å². The molecule has 5 nitrogen and oxygen atoms in total. The highest BCUT2D eigenvalue weighted by molar-refractivity contribution is 5.80. The molecule has 0 heterocycles. The van der Waals surface area contributed by atoms with Gasteiger partial charge in [0.25, 0.3) is 0 Å². The molecule has 3 atom stereocenters. The lowest BCUT2D eigenvalue weighted by Crippen LogP contribution is -2.49. The minimum Gasteiger partial charge on any atom is -0.394 e. The number of unbranched alkanes of at least 4 members (excludes halogenated alkanes) is 36. The number of rotatable bonds is 46. The van der Waals surface area contributed by atoms with Gasteiger partial charge in [-0.05, 0) is 38.5 Å². The maximum atomic E-state index is 12.5. The molecule has 0 fully saturated rings. The van der Waals surface area contributed by atoms with Crippen LogP contribution in [-0.2, 0) is 4.79 Å². The Labute approximate surface area is 344 Å². The van der Waals surface area contributed by atoms with Crippen LogP contribution in [0.25, 0.3) is 0 Å². The summed E-state index contributed by atoms with van der Waals surface area (Å²) < 4.78 is 0. The predicted molar refractivity (Wildman–Crippen MR) is 241 cm³/mol. The van der Waals surface area contributed by atoms with Gasteiger partial charge in [0.1, 0.15) is 6.10 Å². The van der Waals surface area contributed by atoms with Crippen LogP contribution < -0.4 is 5.32 Å². The standard InChI is InChI=1S/C50H99NO4/c1-3-5-7-9-11-13-15-17-19-21-23-24-25-27-29-31-33-35-37-39-41-43-45-49(54)50(55)51-47(46-52)48(53)44-42-40-38-36-34-32-30-28-26-22-20-18-16-14-12-10-8-6-4-2/h27,29,47-49,52-54H,3-26,28,30-46H2,1-2H3,(H,51,55)/b29-27-. The third-order valence-corrected chi connectivity index (χ3v) is 11.9. The van der Waals surface area contributed by atoms with Crippen molar-refractivity contribution < 1.29 is 20.1 Å². The summed E-state index contributed by atoms with van der Waals surface area (Å²) in [5.74, 6) is -0.471. The Hall–Kier alpha value is -0.910. The van der Waals surface area contributed by atoms with Crippen LogP contribution >= 0.6 is 0 Å². The van der Waals surface area contributed by atoms with E-state index in [0.29, 0.717) is 12.8 Å². The lowest BCUT2D eigenvalue weighted by molar-refractivity contribution is -0.131. The molecule has 328 valence electrons. The van der Waals surface area contributed by atoms with Crippen LogP contribution in [0.15, 0.2) is 12.2 Å². The van der Waals surface area contributed by atoms with Gasteiger partial charge in [-0.1, -0.05) is 251 Å². The van der Waals surface area contributed by atoms with E-state index < -0.39 is 24.2 Å². The van der Waals surface area contributed by atoms with Crippen molar-refractivity contribution in [3.8, 4) is 0 Å². The first-order valence-corrected chi connectivity index (χ1v) is 25.0. The molecule has 3 unspecified atom stereocenters. The predicted octanol–water partition coefficient (Wildman–Crippen LogP) is 14.8. The molecular weight excluding hydrogens is 679 g/mol. The summed E-state index contributed by atoms with van der Waals surface area (Å²) in [6.45, 7) is 4.26. The van der Waals surface area contributed by atoms with E-state index in [-0.39, 0.29) is 6.61 Å². The zero-order chi connectivity index (χ0) is 40.1. The van der Waals surface area contributed by atoms with E-state index in [1.165, 1.54) is 218 Å². The molecule has 0 saturated heterocycles. The summed E-state index contributed by atoms with van der Waals surface area (Å²) in [7, 11) is 0. The van der Waals surface area contributed by atoms with Gasteiger partial charge in [0.05, 0.1) is 18.8 Å². The third-order valence-electron chi connectivity index (χ3n) is 11.9. The van der Waals surface area contributed by atoms with E-state index in [2.05, 4.69) is 31.3 Å². The number of carbonyl (C=O) groups is 1. The van der Waals surface area contributed by atoms with Crippen molar-refractivity contribution in [1.29, 1.82) is 0 Å². The molecule has 0 aromatic rings. The molecule has 0 aromatic heterocycles. The fraction of sp³-hybridized carbons (Fsp3) is 0.940. The normalized spacial score (nSPS) is 13.5. The summed E-state index contributed by atoms with van der Waals surface area (Å²) in [6, 6.07) is -0.712. The van der Waals surface area contributed by atoms with E-state index >= 15 is 0 Å². The Morgan fingerprint density at radius 1 is 0.418 bits per heavy atom. The summed E-state index contributed by atoms with van der Waals surface area (Å²) in [4.78, 5) is 12.5. The molecule has 0 aromatic carbocycles. The average molecular weight is 778 g/mol. The van der Waals surface area contributed by atoms with Gasteiger partial charge in [-0.25, -0.2) is 0 Å². The zero-order valence-corrected chi connectivity index (χ0v) is 37.3. The minimum absolute atomic E-state index is 0.312. The second-order valence-electron chi connectivity index (χ2n) is 17.4. The van der Waals surface area contributed by atoms with Gasteiger partial charge in [0.15, 0.2) is 0 Å². The highest BCUT2D eigenvalue weighted by Crippen LogP contribution is 2.17. The second-order valence-corrected chi connectivity index (χ2v) is 17.4. The molecule has 0 rings (SSSR count). The summed E-state index contributed by atoms with van der Waals surface area (Å²) in [5.41, 5.74) is 0. The molecule has 0 aliphatic rings. The molecule has 0 saturated carbocycles. The van der Waals surface area contributed by atoms with Crippen molar-refractivity contribution in [2.24, 2.45) is 0 Å². The molecule has 4 N–H and O–H groups in total. The smallest absolute Gasteiger partial charge is 0.249 e. The molecule has 5 heteroatoms. The zero-order valence-electron chi connectivity index (χ0n) is 37.3. The van der Waals surface area contributed by atoms with Crippen molar-refractivity contribution in [2.45, 2.75) is 295 Å². The lowest BCUT2D eigenvalue weighted by Gasteiger charge is -2.23. The largest absolute Gasteiger partial charge is 0.394 e. The van der Waals surface area contributed by atoms with E-state index in [1.807, 2.05) is 0 Å². The van der Waals surface area contributed by atoms with Gasteiger partial charge >= 0.3 is 0 Å². The number of aliphatic hydroxyl groups excluding tert-OH is 3. The maximum absolute atomic E-state index is 12.5. The first-order chi connectivity index (χ1) is 27.1. The first-order valence-electron chi connectivity index (χ1n) is 25.0. The number of hydrogen-bond donors (Lipinski definition) is 4. The van der Waals surface area contributed by atoms with Crippen LogP contribution in [0.5, 0.6) is 0 Å². The van der Waals surface area contributed by atoms with Crippen LogP contribution in [0.4, 0.5) is 0 Å². The average Bonchev–Trinajstić information content (AvgIpc) is 3.19. The molecule has 0 radical (unpaired) electrons. The Morgan fingerprint density at radius 2 is 0.691 bits per heavy atom. The van der Waals surface area contributed by atoms with E-state index in [0.717, 1.165) is 32.1 Å². The monoisotopic (exact) mass is 778 g/mol. The van der Waals surface area contributed by atoms with Gasteiger partial charge in [0.2, 0.25) is 5.91 Å². The Bertz CT molecular complexity index is 773. The van der Waals surface area contributed by atoms with Crippen molar-refractivity contribution >= 4 is 5.91 Å². The van der Waals surface area contributed by atoms with Crippen molar-refractivity contribution in [3.63, 3.8) is 0 Å². The molecule has 0 aliphatic heterocycles. The van der Waals surface area contributed by atoms with Gasteiger partial charge < -0.3 is 20.6 Å². The number of allylic oxidation sites excluding steroid dienone is 2. The van der Waals surface area contributed by atoms with Gasteiger partial charge in [0, 0.05) is 0 Å². The van der Waals surface area contributed by atoms with Crippen LogP contribution in [0, 0.1) is 0 Å². The molecular formula is C50H99NO4.